The van der Waals surface area contributed by atoms with Crippen LogP contribution in [0, 0.1) is 0 Å². The van der Waals surface area contributed by atoms with Crippen LogP contribution in [0.1, 0.15) is 37.4 Å². The van der Waals surface area contributed by atoms with E-state index in [0.717, 1.165) is 29.7 Å². The Balaban J connectivity index is 1.84. The number of hydrogen-bond acceptors (Lipinski definition) is 2. The fourth-order valence-corrected chi connectivity index (χ4v) is 3.65. The van der Waals surface area contributed by atoms with Crippen LogP contribution < -0.4 is 4.90 Å². The third-order valence-electron chi connectivity index (χ3n) is 5.02. The second-order valence-electron chi connectivity index (χ2n) is 6.64. The molecule has 0 unspecified atom stereocenters. The zero-order chi connectivity index (χ0) is 18.8. The molecule has 0 aliphatic carbocycles. The molecule has 0 radical (unpaired) electrons. The zero-order valence-corrected chi connectivity index (χ0v) is 14.8. The first kappa shape index (κ1) is 17.0. The maximum atomic E-state index is 13.4. The van der Waals surface area contributed by atoms with Gasteiger partial charge in [-0.3, -0.25) is 4.79 Å². The van der Waals surface area contributed by atoms with Crippen molar-refractivity contribution in [2.75, 3.05) is 4.90 Å². The van der Waals surface area contributed by atoms with Crippen molar-refractivity contribution in [2.24, 2.45) is 0 Å². The first-order valence-electron chi connectivity index (χ1n) is 8.94. The molecule has 4 rings (SSSR count). The molecular formula is C23H19NO3. The van der Waals surface area contributed by atoms with Crippen LogP contribution in [0.25, 0.3) is 0 Å². The molecule has 1 aliphatic heterocycles. The van der Waals surface area contributed by atoms with E-state index in [-0.39, 0.29) is 18.0 Å². The minimum atomic E-state index is -0.987. The second-order valence-corrected chi connectivity index (χ2v) is 6.64. The standard InChI is InChI=1S/C23H19NO3/c25-22-19-10-4-1-7-16(19)13-14-17-8-3-6-12-21(17)24(22)15-18-9-2-5-11-20(18)23(26)27/h1-12H,13-15H2,(H,26,27). The highest BCUT2D eigenvalue weighted by molar-refractivity contribution is 6.08. The number of benzene rings is 3. The number of aryl methyl sites for hydroxylation is 2. The predicted octanol–water partition coefficient (Wildman–Crippen LogP) is 4.33. The molecule has 1 N–H and O–H groups in total. The lowest BCUT2D eigenvalue weighted by Crippen LogP contribution is -2.33. The molecule has 4 nitrogen and oxygen atoms in total. The molecule has 1 amide bonds. The summed E-state index contributed by atoms with van der Waals surface area (Å²) < 4.78 is 0. The smallest absolute Gasteiger partial charge is 0.336 e. The number of fused-ring (bicyclic) bond motifs is 2. The lowest BCUT2D eigenvalue weighted by atomic mass is 9.94. The second kappa shape index (κ2) is 7.08. The first-order valence-corrected chi connectivity index (χ1v) is 8.94. The van der Waals surface area contributed by atoms with Crippen LogP contribution in [0.2, 0.25) is 0 Å². The highest BCUT2D eigenvalue weighted by atomic mass is 16.4. The van der Waals surface area contributed by atoms with Gasteiger partial charge >= 0.3 is 5.97 Å². The summed E-state index contributed by atoms with van der Waals surface area (Å²) in [5.74, 6) is -1.09. The van der Waals surface area contributed by atoms with Gasteiger partial charge in [0.05, 0.1) is 12.1 Å². The van der Waals surface area contributed by atoms with E-state index in [2.05, 4.69) is 0 Å². The molecular weight excluding hydrogens is 338 g/mol. The molecule has 0 aromatic heterocycles. The first-order chi connectivity index (χ1) is 13.1. The molecule has 0 atom stereocenters. The van der Waals surface area contributed by atoms with Gasteiger partial charge in [0.1, 0.15) is 0 Å². The zero-order valence-electron chi connectivity index (χ0n) is 14.8. The average molecular weight is 357 g/mol. The highest BCUT2D eigenvalue weighted by Crippen LogP contribution is 2.30. The van der Waals surface area contributed by atoms with Gasteiger partial charge in [-0.1, -0.05) is 54.6 Å². The van der Waals surface area contributed by atoms with E-state index in [1.165, 1.54) is 0 Å². The number of aromatic carboxylic acids is 1. The van der Waals surface area contributed by atoms with E-state index in [0.29, 0.717) is 11.1 Å². The van der Waals surface area contributed by atoms with Crippen molar-refractivity contribution in [3.63, 3.8) is 0 Å². The van der Waals surface area contributed by atoms with E-state index in [9.17, 15) is 14.7 Å². The number of rotatable bonds is 3. The van der Waals surface area contributed by atoms with Gasteiger partial charge in [0, 0.05) is 11.3 Å². The number of carbonyl (C=O) groups is 2. The number of carboxylic acid groups (broad SMARTS) is 1. The van der Waals surface area contributed by atoms with Gasteiger partial charge in [0.2, 0.25) is 0 Å². The minimum absolute atomic E-state index is 0.0991. The molecule has 134 valence electrons. The van der Waals surface area contributed by atoms with Crippen LogP contribution in [-0.2, 0) is 19.4 Å². The van der Waals surface area contributed by atoms with Crippen molar-refractivity contribution in [3.8, 4) is 0 Å². The quantitative estimate of drug-likeness (QED) is 0.759. The monoisotopic (exact) mass is 357 g/mol. The summed E-state index contributed by atoms with van der Waals surface area (Å²) in [6, 6.07) is 22.4. The molecule has 1 heterocycles. The van der Waals surface area contributed by atoms with E-state index in [4.69, 9.17) is 0 Å². The maximum Gasteiger partial charge on any atom is 0.336 e. The van der Waals surface area contributed by atoms with Crippen LogP contribution in [0.4, 0.5) is 5.69 Å². The molecule has 0 saturated heterocycles. The minimum Gasteiger partial charge on any atom is -0.478 e. The van der Waals surface area contributed by atoms with Gasteiger partial charge in [-0.05, 0) is 47.7 Å². The molecule has 3 aromatic carbocycles. The topological polar surface area (TPSA) is 57.6 Å². The summed E-state index contributed by atoms with van der Waals surface area (Å²) in [6.45, 7) is 0.215. The number of hydrogen-bond donors (Lipinski definition) is 1. The molecule has 0 saturated carbocycles. The van der Waals surface area contributed by atoms with Crippen LogP contribution >= 0.6 is 0 Å². The molecule has 1 aliphatic rings. The van der Waals surface area contributed by atoms with Crippen molar-refractivity contribution in [1.82, 2.24) is 0 Å². The summed E-state index contributed by atoms with van der Waals surface area (Å²) in [7, 11) is 0. The third-order valence-corrected chi connectivity index (χ3v) is 5.02. The van der Waals surface area contributed by atoms with Gasteiger partial charge in [-0.25, -0.2) is 4.79 Å². The fourth-order valence-electron chi connectivity index (χ4n) is 3.65. The van der Waals surface area contributed by atoms with Gasteiger partial charge < -0.3 is 10.0 Å². The summed E-state index contributed by atoms with van der Waals surface area (Å²) in [4.78, 5) is 26.7. The van der Waals surface area contributed by atoms with E-state index in [1.807, 2.05) is 48.5 Å². The Kier molecular flexibility index (Phi) is 4.47. The lowest BCUT2D eigenvalue weighted by molar-refractivity contribution is 0.0695. The van der Waals surface area contributed by atoms with E-state index < -0.39 is 5.97 Å². The van der Waals surface area contributed by atoms with Gasteiger partial charge in [0.25, 0.3) is 5.91 Å². The Labute approximate surface area is 157 Å². The molecule has 4 heteroatoms. The Hall–Kier alpha value is -3.40. The summed E-state index contributed by atoms with van der Waals surface area (Å²) in [6.07, 6.45) is 1.63. The molecule has 27 heavy (non-hydrogen) atoms. The number of anilines is 1. The molecule has 0 fully saturated rings. The SMILES string of the molecule is O=C(O)c1ccccc1CN1C(=O)c2ccccc2CCc2ccccc21. The van der Waals surface area contributed by atoms with Crippen molar-refractivity contribution in [3.05, 3.63) is 101 Å². The Morgan fingerprint density at radius 1 is 0.852 bits per heavy atom. The third kappa shape index (κ3) is 3.22. The average Bonchev–Trinajstić information content (AvgIpc) is 2.70. The summed E-state index contributed by atoms with van der Waals surface area (Å²) in [5.41, 5.74) is 4.48. The van der Waals surface area contributed by atoms with Crippen molar-refractivity contribution in [2.45, 2.75) is 19.4 Å². The van der Waals surface area contributed by atoms with Crippen LogP contribution in [0.3, 0.4) is 0 Å². The maximum absolute atomic E-state index is 13.4. The van der Waals surface area contributed by atoms with Crippen molar-refractivity contribution >= 4 is 17.6 Å². The van der Waals surface area contributed by atoms with Crippen LogP contribution in [0.15, 0.2) is 72.8 Å². The normalized spacial score (nSPS) is 13.3. The number of nitrogens with zero attached hydrogens (tertiary/aromatic N) is 1. The molecule has 3 aromatic rings. The Morgan fingerprint density at radius 3 is 2.30 bits per heavy atom. The molecule has 0 spiro atoms. The van der Waals surface area contributed by atoms with Gasteiger partial charge in [-0.2, -0.15) is 0 Å². The number of carboxylic acids is 1. The van der Waals surface area contributed by atoms with Gasteiger partial charge in [0.15, 0.2) is 0 Å². The van der Waals surface area contributed by atoms with Crippen LogP contribution in [-0.4, -0.2) is 17.0 Å². The largest absolute Gasteiger partial charge is 0.478 e. The predicted molar refractivity (Wildman–Crippen MR) is 104 cm³/mol. The lowest BCUT2D eigenvalue weighted by Gasteiger charge is -2.29. The van der Waals surface area contributed by atoms with Gasteiger partial charge in [-0.15, -0.1) is 0 Å². The van der Waals surface area contributed by atoms with Crippen molar-refractivity contribution < 1.29 is 14.7 Å². The Bertz CT molecular complexity index is 1030. The summed E-state index contributed by atoms with van der Waals surface area (Å²) >= 11 is 0. The Morgan fingerprint density at radius 2 is 1.48 bits per heavy atom. The van der Waals surface area contributed by atoms with E-state index in [1.54, 1.807) is 29.2 Å². The molecule has 0 bridgehead atoms. The van der Waals surface area contributed by atoms with Crippen molar-refractivity contribution in [1.29, 1.82) is 0 Å². The number of carbonyl (C=O) groups excluding carboxylic acids is 1. The summed E-state index contributed by atoms with van der Waals surface area (Å²) in [5, 5.41) is 9.51. The fraction of sp³-hybridized carbons (Fsp3) is 0.130. The van der Waals surface area contributed by atoms with Crippen LogP contribution in [0.5, 0.6) is 0 Å². The van der Waals surface area contributed by atoms with E-state index >= 15 is 0 Å². The number of para-hydroxylation sites is 1. The highest BCUT2D eigenvalue weighted by Gasteiger charge is 2.26. The number of amides is 1.